The second kappa shape index (κ2) is 2.20. The molecular formula is C5H3ClF3N. The fraction of sp³-hybridized carbons (Fsp3) is 0.200. The molecule has 5 heteroatoms. The highest BCUT2D eigenvalue weighted by Crippen LogP contribution is 2.29. The molecule has 1 nitrogen and oxygen atoms in total. The zero-order valence-electron chi connectivity index (χ0n) is 4.69. The molecule has 0 aromatic carbocycles. The van der Waals surface area contributed by atoms with Crippen molar-refractivity contribution in [3.8, 4) is 0 Å². The highest BCUT2D eigenvalue weighted by molar-refractivity contribution is 6.14. The fourth-order valence-electron chi connectivity index (χ4n) is 0.512. The second-order valence-corrected chi connectivity index (χ2v) is 2.11. The minimum Gasteiger partial charge on any atom is -0.227 e. The van der Waals surface area contributed by atoms with Gasteiger partial charge in [-0.05, 0) is 6.08 Å². The highest BCUT2D eigenvalue weighted by atomic mass is 35.5. The first-order valence-corrected chi connectivity index (χ1v) is 2.76. The maximum atomic E-state index is 12.3. The Morgan fingerprint density at radius 3 is 2.50 bits per heavy atom. The van der Waals surface area contributed by atoms with Crippen LogP contribution >= 0.6 is 11.8 Å². The average Bonchev–Trinajstić information content (AvgIpc) is 1.78. The Kier molecular flexibility index (Phi) is 1.64. The molecule has 10 heavy (non-hydrogen) atoms. The molecule has 0 aromatic rings. The monoisotopic (exact) mass is 169 g/mol. The van der Waals surface area contributed by atoms with Crippen molar-refractivity contribution >= 4 is 11.8 Å². The van der Waals surface area contributed by atoms with Crippen molar-refractivity contribution < 1.29 is 13.2 Å². The zero-order chi connectivity index (χ0) is 7.78. The Balaban J connectivity index is 2.88. The first-order chi connectivity index (χ1) is 4.52. The summed E-state index contributed by atoms with van der Waals surface area (Å²) in [7, 11) is 0. The smallest absolute Gasteiger partial charge is 0.227 e. The molecule has 0 radical (unpaired) electrons. The van der Waals surface area contributed by atoms with E-state index in [9.17, 15) is 13.2 Å². The number of halogens is 4. The lowest BCUT2D eigenvalue weighted by Crippen LogP contribution is -2.29. The second-order valence-electron chi connectivity index (χ2n) is 1.74. The van der Waals surface area contributed by atoms with E-state index in [1.807, 2.05) is 0 Å². The Hall–Kier alpha value is -0.640. The molecule has 0 amide bonds. The molecule has 0 N–H and O–H groups in total. The molecule has 0 saturated heterocycles. The molecule has 0 atom stereocenters. The van der Waals surface area contributed by atoms with E-state index in [1.165, 1.54) is 0 Å². The van der Waals surface area contributed by atoms with Gasteiger partial charge in [-0.15, -0.1) is 0 Å². The van der Waals surface area contributed by atoms with Gasteiger partial charge >= 0.3 is 6.05 Å². The van der Waals surface area contributed by atoms with Crippen LogP contribution < -0.4 is 0 Å². The van der Waals surface area contributed by atoms with Gasteiger partial charge in [-0.2, -0.15) is 8.78 Å². The first-order valence-electron chi connectivity index (χ1n) is 2.42. The van der Waals surface area contributed by atoms with Crippen molar-refractivity contribution in [2.75, 3.05) is 0 Å². The van der Waals surface area contributed by atoms with Crippen LogP contribution in [0.1, 0.15) is 0 Å². The Bertz CT molecular complexity index is 199. The van der Waals surface area contributed by atoms with E-state index in [0.717, 1.165) is 12.3 Å². The zero-order valence-corrected chi connectivity index (χ0v) is 5.45. The molecule has 0 saturated carbocycles. The predicted molar refractivity (Wildman–Crippen MR) is 31.0 cm³/mol. The van der Waals surface area contributed by atoms with Gasteiger partial charge in [0.15, 0.2) is 0 Å². The van der Waals surface area contributed by atoms with E-state index in [0.29, 0.717) is 0 Å². The number of hydrogen-bond acceptors (Lipinski definition) is 1. The molecule has 1 heterocycles. The molecule has 0 unspecified atom stereocenters. The van der Waals surface area contributed by atoms with E-state index in [1.54, 1.807) is 0 Å². The van der Waals surface area contributed by atoms with Crippen molar-refractivity contribution in [2.24, 2.45) is 0 Å². The summed E-state index contributed by atoms with van der Waals surface area (Å²) in [4.78, 5) is 0. The number of allylic oxidation sites excluding steroid dienone is 2. The van der Waals surface area contributed by atoms with Gasteiger partial charge < -0.3 is 0 Å². The van der Waals surface area contributed by atoms with Crippen LogP contribution in [0, 0.1) is 0 Å². The lowest BCUT2D eigenvalue weighted by atomic mass is 10.3. The van der Waals surface area contributed by atoms with E-state index < -0.39 is 11.9 Å². The van der Waals surface area contributed by atoms with Crippen LogP contribution in [0.5, 0.6) is 0 Å². The summed E-state index contributed by atoms with van der Waals surface area (Å²) in [6.07, 6.45) is 1.75. The fourth-order valence-corrected chi connectivity index (χ4v) is 0.617. The van der Waals surface area contributed by atoms with Gasteiger partial charge in [0.05, 0.1) is 0 Å². The SMILES string of the molecule is FC1=CC(F)(F)N(Cl)C=C1. The molecule has 1 aliphatic rings. The van der Waals surface area contributed by atoms with Gasteiger partial charge in [-0.1, -0.05) is 0 Å². The van der Waals surface area contributed by atoms with Crippen LogP contribution in [-0.4, -0.2) is 10.5 Å². The summed E-state index contributed by atoms with van der Waals surface area (Å²) in [5.41, 5.74) is 0. The van der Waals surface area contributed by atoms with E-state index in [4.69, 9.17) is 11.8 Å². The number of nitrogens with zero attached hydrogens (tertiary/aromatic N) is 1. The van der Waals surface area contributed by atoms with Crippen molar-refractivity contribution in [3.05, 3.63) is 24.2 Å². The third kappa shape index (κ3) is 1.26. The minimum absolute atomic E-state index is 0.107. The van der Waals surface area contributed by atoms with Crippen molar-refractivity contribution in [2.45, 2.75) is 6.05 Å². The van der Waals surface area contributed by atoms with Crippen molar-refractivity contribution in [1.29, 1.82) is 0 Å². The summed E-state index contributed by atoms with van der Waals surface area (Å²) in [5, 5.41) is 0. The van der Waals surface area contributed by atoms with Crippen LogP contribution in [0.3, 0.4) is 0 Å². The molecule has 1 aliphatic heterocycles. The summed E-state index contributed by atoms with van der Waals surface area (Å²) in [6, 6.07) is -3.42. The number of alkyl halides is 2. The van der Waals surface area contributed by atoms with E-state index in [-0.39, 0.29) is 10.5 Å². The summed E-state index contributed by atoms with van der Waals surface area (Å²) in [5.74, 6) is -0.984. The Morgan fingerprint density at radius 1 is 1.50 bits per heavy atom. The van der Waals surface area contributed by atoms with Crippen LogP contribution in [0.25, 0.3) is 0 Å². The van der Waals surface area contributed by atoms with Gasteiger partial charge in [0.1, 0.15) is 5.83 Å². The van der Waals surface area contributed by atoms with E-state index in [2.05, 4.69) is 0 Å². The van der Waals surface area contributed by atoms with Crippen LogP contribution in [-0.2, 0) is 0 Å². The Morgan fingerprint density at radius 2 is 2.10 bits per heavy atom. The minimum atomic E-state index is -3.42. The molecular weight excluding hydrogens is 167 g/mol. The maximum absolute atomic E-state index is 12.3. The molecule has 0 fully saturated rings. The third-order valence-electron chi connectivity index (χ3n) is 0.961. The maximum Gasteiger partial charge on any atom is 0.361 e. The Labute approximate surface area is 60.5 Å². The number of rotatable bonds is 0. The lowest BCUT2D eigenvalue weighted by molar-refractivity contribution is -0.0335. The largest absolute Gasteiger partial charge is 0.361 e. The van der Waals surface area contributed by atoms with Crippen molar-refractivity contribution in [1.82, 2.24) is 4.42 Å². The standard InChI is InChI=1S/C5H3ClF3N/c6-10-2-1-4(7)3-5(10,8)9/h1-3H. The van der Waals surface area contributed by atoms with Crippen molar-refractivity contribution in [3.63, 3.8) is 0 Å². The summed E-state index contributed by atoms with van der Waals surface area (Å²) in [6.45, 7) is 0. The normalized spacial score (nSPS) is 22.8. The number of hydrogen-bond donors (Lipinski definition) is 0. The topological polar surface area (TPSA) is 3.24 Å². The van der Waals surface area contributed by atoms with Gasteiger partial charge in [-0.3, -0.25) is 0 Å². The molecule has 0 aliphatic carbocycles. The molecule has 56 valence electrons. The molecule has 0 bridgehead atoms. The summed E-state index contributed by atoms with van der Waals surface area (Å²) < 4.78 is 36.7. The van der Waals surface area contributed by atoms with Gasteiger partial charge in [0.25, 0.3) is 0 Å². The summed E-state index contributed by atoms with van der Waals surface area (Å²) >= 11 is 4.96. The molecule has 1 rings (SSSR count). The van der Waals surface area contributed by atoms with Crippen LogP contribution in [0.2, 0.25) is 0 Å². The van der Waals surface area contributed by atoms with Crippen LogP contribution in [0.15, 0.2) is 24.2 Å². The van der Waals surface area contributed by atoms with Gasteiger partial charge in [0, 0.05) is 24.1 Å². The molecule has 0 spiro atoms. The first kappa shape index (κ1) is 7.47. The molecule has 0 aromatic heterocycles. The lowest BCUT2D eigenvalue weighted by Gasteiger charge is -2.21. The quantitative estimate of drug-likeness (QED) is 0.398. The highest BCUT2D eigenvalue weighted by Gasteiger charge is 2.34. The third-order valence-corrected chi connectivity index (χ3v) is 1.30. The predicted octanol–water partition coefficient (Wildman–Crippen LogP) is 2.42. The van der Waals surface area contributed by atoms with Crippen LogP contribution in [0.4, 0.5) is 13.2 Å². The van der Waals surface area contributed by atoms with Gasteiger partial charge in [-0.25, -0.2) is 8.81 Å². The van der Waals surface area contributed by atoms with E-state index >= 15 is 0 Å². The van der Waals surface area contributed by atoms with Gasteiger partial charge in [0.2, 0.25) is 0 Å². The average molecular weight is 170 g/mol.